The molecule has 3 rings (SSSR count). The van der Waals surface area contributed by atoms with Gasteiger partial charge < -0.3 is 5.32 Å². The highest BCUT2D eigenvalue weighted by molar-refractivity contribution is 6.43. The number of hydrogen-bond donors (Lipinski definition) is 1. The number of anilines is 1. The zero-order valence-corrected chi connectivity index (χ0v) is 14.5. The van der Waals surface area contributed by atoms with Crippen LogP contribution in [0.25, 0.3) is 0 Å². The van der Waals surface area contributed by atoms with Crippen molar-refractivity contribution >= 4 is 34.9 Å². The van der Waals surface area contributed by atoms with Gasteiger partial charge in [-0.2, -0.15) is 5.10 Å². The summed E-state index contributed by atoms with van der Waals surface area (Å²) in [4.78, 5) is 27.9. The number of amides is 2. The van der Waals surface area contributed by atoms with Gasteiger partial charge in [0, 0.05) is 31.1 Å². The Kier molecular flexibility index (Phi) is 5.09. The molecule has 2 aromatic rings. The lowest BCUT2D eigenvalue weighted by Gasteiger charge is -2.18. The van der Waals surface area contributed by atoms with E-state index in [4.69, 9.17) is 11.6 Å². The van der Waals surface area contributed by atoms with E-state index in [0.717, 1.165) is 17.5 Å². The van der Waals surface area contributed by atoms with Crippen LogP contribution in [0.1, 0.15) is 24.0 Å². The van der Waals surface area contributed by atoms with Gasteiger partial charge in [0.1, 0.15) is 11.5 Å². The zero-order chi connectivity index (χ0) is 17.8. The van der Waals surface area contributed by atoms with Gasteiger partial charge >= 0.3 is 0 Å². The van der Waals surface area contributed by atoms with E-state index in [9.17, 15) is 9.59 Å². The average molecular weight is 357 g/mol. The Morgan fingerprint density at radius 2 is 1.88 bits per heavy atom. The molecule has 7 heteroatoms. The number of hydrogen-bond acceptors (Lipinski definition) is 4. The van der Waals surface area contributed by atoms with E-state index in [1.54, 1.807) is 19.3 Å². The maximum absolute atomic E-state index is 12.2. The third-order valence-corrected chi connectivity index (χ3v) is 4.11. The van der Waals surface area contributed by atoms with Gasteiger partial charge in [0.05, 0.1) is 0 Å². The van der Waals surface area contributed by atoms with Crippen molar-refractivity contribution < 1.29 is 9.59 Å². The number of rotatable bonds is 4. The molecule has 0 bridgehead atoms. The number of hydrazone groups is 1. The number of pyridine rings is 1. The van der Waals surface area contributed by atoms with Gasteiger partial charge in [0.25, 0.3) is 5.91 Å². The van der Waals surface area contributed by atoms with Crippen LogP contribution in [0.5, 0.6) is 0 Å². The smallest absolute Gasteiger partial charge is 0.273 e. The Morgan fingerprint density at radius 1 is 1.16 bits per heavy atom. The molecule has 0 atom stereocenters. The molecule has 25 heavy (non-hydrogen) atoms. The Morgan fingerprint density at radius 3 is 2.52 bits per heavy atom. The van der Waals surface area contributed by atoms with Crippen molar-refractivity contribution in [1.82, 2.24) is 9.99 Å². The minimum atomic E-state index is -0.336. The number of nitrogens with one attached hydrogen (secondary N) is 1. The highest BCUT2D eigenvalue weighted by atomic mass is 35.5. The third-order valence-electron chi connectivity index (χ3n) is 3.86. The Hall–Kier alpha value is -2.73. The first-order valence-electron chi connectivity index (χ1n) is 7.86. The molecule has 128 valence electrons. The lowest BCUT2D eigenvalue weighted by Crippen LogP contribution is -2.34. The van der Waals surface area contributed by atoms with Gasteiger partial charge in [-0.15, -0.1) is 0 Å². The van der Waals surface area contributed by atoms with E-state index in [1.165, 1.54) is 5.01 Å². The number of carbonyl (C=O) groups excluding carboxylic acids is 2. The second-order valence-corrected chi connectivity index (χ2v) is 6.21. The maximum atomic E-state index is 12.2. The van der Waals surface area contributed by atoms with Crippen LogP contribution in [0.4, 0.5) is 5.82 Å². The van der Waals surface area contributed by atoms with Crippen molar-refractivity contribution in [1.29, 1.82) is 0 Å². The molecule has 2 heterocycles. The maximum Gasteiger partial charge on any atom is 0.273 e. The zero-order valence-electron chi connectivity index (χ0n) is 13.7. The second kappa shape index (κ2) is 7.44. The fourth-order valence-corrected chi connectivity index (χ4v) is 2.59. The first kappa shape index (κ1) is 17.1. The molecular weight excluding hydrogens is 340 g/mol. The topological polar surface area (TPSA) is 74.7 Å². The lowest BCUT2D eigenvalue weighted by molar-refractivity contribution is -0.130. The van der Waals surface area contributed by atoms with Crippen molar-refractivity contribution in [3.63, 3.8) is 0 Å². The Balaban J connectivity index is 1.62. The Labute approximate surface area is 150 Å². The Bertz CT molecular complexity index is 816. The van der Waals surface area contributed by atoms with Crippen molar-refractivity contribution in [2.24, 2.45) is 5.10 Å². The fourth-order valence-electron chi connectivity index (χ4n) is 2.46. The van der Waals surface area contributed by atoms with Crippen LogP contribution in [-0.4, -0.2) is 34.6 Å². The van der Waals surface area contributed by atoms with Crippen LogP contribution in [-0.2, 0) is 16.0 Å². The summed E-state index contributed by atoms with van der Waals surface area (Å²) in [5.41, 5.74) is 2.49. The van der Waals surface area contributed by atoms with Crippen molar-refractivity contribution in [3.8, 4) is 0 Å². The van der Waals surface area contributed by atoms with E-state index < -0.39 is 0 Å². The van der Waals surface area contributed by atoms with Crippen LogP contribution < -0.4 is 5.32 Å². The standard InChI is InChI=1S/C18H17ClN4O2/c1-23-17(24)9-7-15(22-23)18(25)21-16-8-4-13(11-20-16)10-12-2-5-14(19)6-3-12/h2-6,8,11H,7,9-10H2,1H3,(H,20,21,25). The molecular formula is C18H17ClN4O2. The minimum Gasteiger partial charge on any atom is -0.305 e. The monoisotopic (exact) mass is 356 g/mol. The van der Waals surface area contributed by atoms with Crippen molar-refractivity contribution in [2.45, 2.75) is 19.3 Å². The number of aromatic nitrogens is 1. The molecule has 6 nitrogen and oxygen atoms in total. The number of nitrogens with zero attached hydrogens (tertiary/aromatic N) is 3. The molecule has 0 saturated heterocycles. The number of carbonyl (C=O) groups is 2. The molecule has 0 aliphatic carbocycles. The summed E-state index contributed by atoms with van der Waals surface area (Å²) >= 11 is 5.88. The molecule has 1 N–H and O–H groups in total. The second-order valence-electron chi connectivity index (χ2n) is 5.77. The van der Waals surface area contributed by atoms with Crippen molar-refractivity contribution in [3.05, 3.63) is 58.7 Å². The van der Waals surface area contributed by atoms with Crippen LogP contribution in [0.2, 0.25) is 5.02 Å². The predicted octanol–water partition coefficient (Wildman–Crippen LogP) is 2.87. The summed E-state index contributed by atoms with van der Waals surface area (Å²) in [7, 11) is 1.54. The number of benzene rings is 1. The lowest BCUT2D eigenvalue weighted by atomic mass is 10.1. The number of halogens is 1. The van der Waals surface area contributed by atoms with Gasteiger partial charge in [-0.1, -0.05) is 29.8 Å². The predicted molar refractivity (Wildman–Crippen MR) is 96.6 cm³/mol. The van der Waals surface area contributed by atoms with Crippen LogP contribution >= 0.6 is 11.6 Å². The van der Waals surface area contributed by atoms with E-state index in [1.807, 2.05) is 30.3 Å². The van der Waals surface area contributed by atoms with Gasteiger partial charge in [0.2, 0.25) is 5.91 Å². The molecule has 2 amide bonds. The quantitative estimate of drug-likeness (QED) is 0.915. The van der Waals surface area contributed by atoms with E-state index >= 15 is 0 Å². The summed E-state index contributed by atoms with van der Waals surface area (Å²) in [6, 6.07) is 11.3. The summed E-state index contributed by atoms with van der Waals surface area (Å²) in [6.45, 7) is 0. The molecule has 0 radical (unpaired) electrons. The first-order valence-corrected chi connectivity index (χ1v) is 8.24. The normalized spacial score (nSPS) is 14.2. The van der Waals surface area contributed by atoms with Crippen LogP contribution in [0, 0.1) is 0 Å². The van der Waals surface area contributed by atoms with E-state index in [2.05, 4.69) is 15.4 Å². The summed E-state index contributed by atoms with van der Waals surface area (Å²) in [6.07, 6.45) is 3.08. The molecule has 0 saturated carbocycles. The van der Waals surface area contributed by atoms with Gasteiger partial charge in [-0.3, -0.25) is 9.59 Å². The molecule has 1 aromatic heterocycles. The van der Waals surface area contributed by atoms with E-state index in [-0.39, 0.29) is 18.2 Å². The summed E-state index contributed by atoms with van der Waals surface area (Å²) in [5, 5.41) is 8.60. The third kappa shape index (κ3) is 4.42. The fraction of sp³-hybridized carbons (Fsp3) is 0.222. The van der Waals surface area contributed by atoms with Crippen LogP contribution in [0.15, 0.2) is 47.7 Å². The SMILES string of the molecule is CN1N=C(C(=O)Nc2ccc(Cc3ccc(Cl)cc3)cn2)CCC1=O. The van der Waals surface area contributed by atoms with Crippen molar-refractivity contribution in [2.75, 3.05) is 12.4 Å². The molecule has 1 aromatic carbocycles. The highest BCUT2D eigenvalue weighted by Gasteiger charge is 2.22. The van der Waals surface area contributed by atoms with Gasteiger partial charge in [-0.05, 0) is 35.7 Å². The highest BCUT2D eigenvalue weighted by Crippen LogP contribution is 2.15. The van der Waals surface area contributed by atoms with Gasteiger partial charge in [-0.25, -0.2) is 9.99 Å². The summed E-state index contributed by atoms with van der Waals surface area (Å²) < 4.78 is 0. The molecule has 0 spiro atoms. The molecule has 1 aliphatic rings. The summed E-state index contributed by atoms with van der Waals surface area (Å²) in [5.74, 6) is 0.0191. The molecule has 0 unspecified atom stereocenters. The largest absolute Gasteiger partial charge is 0.305 e. The van der Waals surface area contributed by atoms with E-state index in [0.29, 0.717) is 23.0 Å². The molecule has 0 fully saturated rings. The van der Waals surface area contributed by atoms with Gasteiger partial charge in [0.15, 0.2) is 0 Å². The molecule has 1 aliphatic heterocycles. The first-order chi connectivity index (χ1) is 12.0. The van der Waals surface area contributed by atoms with Crippen LogP contribution in [0.3, 0.4) is 0 Å². The minimum absolute atomic E-state index is 0.0961. The average Bonchev–Trinajstić information content (AvgIpc) is 2.61.